The van der Waals surface area contributed by atoms with Crippen molar-refractivity contribution in [3.63, 3.8) is 0 Å². The Kier molecular flexibility index (Phi) is 6.32. The minimum Gasteiger partial charge on any atom is -0.478 e. The highest BCUT2D eigenvalue weighted by atomic mass is 32.2. The summed E-state index contributed by atoms with van der Waals surface area (Å²) in [6, 6.07) is 5.18. The summed E-state index contributed by atoms with van der Waals surface area (Å²) in [6.07, 6.45) is 0.778. The number of sulfonamides is 1. The van der Waals surface area contributed by atoms with Crippen molar-refractivity contribution in [3.05, 3.63) is 29.8 Å². The van der Waals surface area contributed by atoms with Crippen LogP contribution in [0.5, 0.6) is 0 Å². The molecule has 1 aromatic rings. The zero-order valence-electron chi connectivity index (χ0n) is 16.3. The molecule has 0 radical (unpaired) electrons. The zero-order chi connectivity index (χ0) is 20.4. The third-order valence-electron chi connectivity index (χ3n) is 4.76. The molecule has 1 saturated heterocycles. The minimum atomic E-state index is -3.71. The van der Waals surface area contributed by atoms with Gasteiger partial charge in [0.15, 0.2) is 0 Å². The van der Waals surface area contributed by atoms with E-state index in [4.69, 9.17) is 5.11 Å². The highest BCUT2D eigenvalue weighted by Crippen LogP contribution is 2.29. The lowest BCUT2D eigenvalue weighted by Gasteiger charge is -2.38. The van der Waals surface area contributed by atoms with Crippen LogP contribution in [0.2, 0.25) is 0 Å². The quantitative estimate of drug-likeness (QED) is 0.796. The number of carbonyl (C=O) groups excluding carboxylic acids is 1. The number of carbonyl (C=O) groups is 2. The van der Waals surface area contributed by atoms with E-state index in [2.05, 4.69) is 13.8 Å². The summed E-state index contributed by atoms with van der Waals surface area (Å²) in [5.41, 5.74) is -0.432. The van der Waals surface area contributed by atoms with Crippen LogP contribution in [-0.2, 0) is 14.8 Å². The first-order valence-corrected chi connectivity index (χ1v) is 10.5. The van der Waals surface area contributed by atoms with Crippen molar-refractivity contribution in [3.8, 4) is 0 Å². The molecule has 8 heteroatoms. The van der Waals surface area contributed by atoms with Crippen molar-refractivity contribution in [2.24, 2.45) is 11.3 Å². The Morgan fingerprint density at radius 3 is 2.04 bits per heavy atom. The van der Waals surface area contributed by atoms with E-state index < -0.39 is 21.4 Å². The van der Waals surface area contributed by atoms with Gasteiger partial charge in [-0.2, -0.15) is 4.31 Å². The van der Waals surface area contributed by atoms with Gasteiger partial charge < -0.3 is 10.0 Å². The van der Waals surface area contributed by atoms with Gasteiger partial charge in [0.25, 0.3) is 0 Å². The summed E-state index contributed by atoms with van der Waals surface area (Å²) in [4.78, 5) is 25.5. The summed E-state index contributed by atoms with van der Waals surface area (Å²) in [6.45, 7) is 9.19. The fourth-order valence-corrected chi connectivity index (χ4v) is 5.01. The number of amides is 1. The van der Waals surface area contributed by atoms with E-state index in [1.807, 2.05) is 13.8 Å². The molecule has 27 heavy (non-hydrogen) atoms. The molecule has 0 aliphatic carbocycles. The standard InChI is InChI=1S/C19H28N2O5S/c1-14(2)13-19(3,4)18(24)20-9-11-21(12-10-20)27(25,26)16-7-5-15(6-8-16)17(22)23/h5-8,14H,9-13H2,1-4H3,(H,22,23). The van der Waals surface area contributed by atoms with Crippen LogP contribution in [-0.4, -0.2) is 60.8 Å². The smallest absolute Gasteiger partial charge is 0.335 e. The van der Waals surface area contributed by atoms with Gasteiger partial charge >= 0.3 is 5.97 Å². The number of nitrogens with zero attached hydrogens (tertiary/aromatic N) is 2. The minimum absolute atomic E-state index is 0.0387. The maximum Gasteiger partial charge on any atom is 0.335 e. The third kappa shape index (κ3) is 4.87. The van der Waals surface area contributed by atoms with Crippen LogP contribution in [0, 0.1) is 11.3 Å². The number of hydrogen-bond donors (Lipinski definition) is 1. The molecule has 1 N–H and O–H groups in total. The van der Waals surface area contributed by atoms with Crippen LogP contribution in [0.3, 0.4) is 0 Å². The molecule has 1 heterocycles. The first kappa shape index (κ1) is 21.4. The first-order chi connectivity index (χ1) is 12.4. The largest absolute Gasteiger partial charge is 0.478 e. The van der Waals surface area contributed by atoms with E-state index >= 15 is 0 Å². The van der Waals surface area contributed by atoms with Crippen LogP contribution in [0.25, 0.3) is 0 Å². The van der Waals surface area contributed by atoms with Gasteiger partial charge in [0, 0.05) is 31.6 Å². The molecular formula is C19H28N2O5S. The van der Waals surface area contributed by atoms with Crippen molar-refractivity contribution in [2.75, 3.05) is 26.2 Å². The van der Waals surface area contributed by atoms with Crippen LogP contribution in [0.1, 0.15) is 44.5 Å². The topological polar surface area (TPSA) is 95.0 Å². The zero-order valence-corrected chi connectivity index (χ0v) is 17.1. The lowest BCUT2D eigenvalue weighted by Crippen LogP contribution is -2.53. The second-order valence-electron chi connectivity index (χ2n) is 8.01. The molecule has 150 valence electrons. The lowest BCUT2D eigenvalue weighted by molar-refractivity contribution is -0.142. The Morgan fingerprint density at radius 1 is 1.07 bits per heavy atom. The van der Waals surface area contributed by atoms with E-state index in [1.54, 1.807) is 4.90 Å². The Labute approximate surface area is 161 Å². The van der Waals surface area contributed by atoms with Crippen LogP contribution in [0.4, 0.5) is 0 Å². The summed E-state index contributed by atoms with van der Waals surface area (Å²) in [7, 11) is -3.71. The van der Waals surface area contributed by atoms with E-state index in [1.165, 1.54) is 28.6 Å². The molecule has 0 saturated carbocycles. The molecule has 0 atom stereocenters. The number of carboxylic acid groups (broad SMARTS) is 1. The first-order valence-electron chi connectivity index (χ1n) is 9.08. The van der Waals surface area contributed by atoms with Gasteiger partial charge in [-0.05, 0) is 36.6 Å². The second-order valence-corrected chi connectivity index (χ2v) is 9.95. The van der Waals surface area contributed by atoms with Gasteiger partial charge in [-0.3, -0.25) is 4.79 Å². The molecular weight excluding hydrogens is 368 g/mol. The van der Waals surface area contributed by atoms with E-state index in [9.17, 15) is 18.0 Å². The normalized spacial score (nSPS) is 16.6. The third-order valence-corrected chi connectivity index (χ3v) is 6.68. The summed E-state index contributed by atoms with van der Waals surface area (Å²) in [5.74, 6) is -0.645. The number of benzene rings is 1. The summed E-state index contributed by atoms with van der Waals surface area (Å²) >= 11 is 0. The number of aromatic carboxylic acids is 1. The second kappa shape index (κ2) is 7.98. The maximum absolute atomic E-state index is 12.8. The fraction of sp³-hybridized carbons (Fsp3) is 0.579. The highest BCUT2D eigenvalue weighted by molar-refractivity contribution is 7.89. The molecule has 0 bridgehead atoms. The molecule has 2 rings (SSSR count). The number of hydrogen-bond acceptors (Lipinski definition) is 4. The molecule has 1 aliphatic heterocycles. The van der Waals surface area contributed by atoms with Crippen LogP contribution >= 0.6 is 0 Å². The van der Waals surface area contributed by atoms with Gasteiger partial charge in [0.05, 0.1) is 10.5 Å². The van der Waals surface area contributed by atoms with Gasteiger partial charge in [-0.25, -0.2) is 13.2 Å². The number of rotatable bonds is 6. The molecule has 1 amide bonds. The van der Waals surface area contributed by atoms with E-state index in [0.717, 1.165) is 6.42 Å². The van der Waals surface area contributed by atoms with Crippen molar-refractivity contribution in [1.82, 2.24) is 9.21 Å². The molecule has 1 fully saturated rings. The molecule has 7 nitrogen and oxygen atoms in total. The lowest BCUT2D eigenvalue weighted by atomic mass is 9.82. The summed E-state index contributed by atoms with van der Waals surface area (Å²) < 4.78 is 26.9. The average molecular weight is 397 g/mol. The molecule has 1 aliphatic rings. The van der Waals surface area contributed by atoms with Gasteiger partial charge in [0.2, 0.25) is 15.9 Å². The van der Waals surface area contributed by atoms with Gasteiger partial charge in [0.1, 0.15) is 0 Å². The maximum atomic E-state index is 12.8. The monoisotopic (exact) mass is 396 g/mol. The van der Waals surface area contributed by atoms with E-state index in [0.29, 0.717) is 19.0 Å². The van der Waals surface area contributed by atoms with Crippen molar-refractivity contribution < 1.29 is 23.1 Å². The number of piperazine rings is 1. The molecule has 0 spiro atoms. The van der Waals surface area contributed by atoms with E-state index in [-0.39, 0.29) is 29.5 Å². The predicted octanol–water partition coefficient (Wildman–Crippen LogP) is 2.29. The average Bonchev–Trinajstić information content (AvgIpc) is 2.60. The Hall–Kier alpha value is -1.93. The number of carboxylic acids is 1. The molecule has 0 unspecified atom stereocenters. The molecule has 1 aromatic carbocycles. The predicted molar refractivity (Wildman–Crippen MR) is 102 cm³/mol. The van der Waals surface area contributed by atoms with Crippen LogP contribution < -0.4 is 0 Å². The Morgan fingerprint density at radius 2 is 1.59 bits per heavy atom. The summed E-state index contributed by atoms with van der Waals surface area (Å²) in [5, 5.41) is 8.93. The van der Waals surface area contributed by atoms with Crippen molar-refractivity contribution in [2.45, 2.75) is 39.0 Å². The van der Waals surface area contributed by atoms with Gasteiger partial charge in [-0.15, -0.1) is 0 Å². The highest BCUT2D eigenvalue weighted by Gasteiger charge is 2.36. The Balaban J connectivity index is 2.06. The van der Waals surface area contributed by atoms with Crippen molar-refractivity contribution >= 4 is 21.9 Å². The Bertz CT molecular complexity index is 792. The van der Waals surface area contributed by atoms with Gasteiger partial charge in [-0.1, -0.05) is 27.7 Å². The van der Waals surface area contributed by atoms with Crippen LogP contribution in [0.15, 0.2) is 29.2 Å². The SMILES string of the molecule is CC(C)CC(C)(C)C(=O)N1CCN(S(=O)(=O)c2ccc(C(=O)O)cc2)CC1. The fourth-order valence-electron chi connectivity index (χ4n) is 3.59. The van der Waals surface area contributed by atoms with Crippen molar-refractivity contribution in [1.29, 1.82) is 0 Å². The molecule has 0 aromatic heterocycles.